The lowest BCUT2D eigenvalue weighted by Crippen LogP contribution is -3.00. The van der Waals surface area contributed by atoms with Crippen molar-refractivity contribution in [3.8, 4) is 0 Å². The van der Waals surface area contributed by atoms with Gasteiger partial charge in [-0.2, -0.15) is 0 Å². The van der Waals surface area contributed by atoms with Gasteiger partial charge in [-0.3, -0.25) is 4.79 Å². The number of fused-ring (bicyclic) bond motifs is 1. The number of aromatic nitrogens is 1. The topological polar surface area (TPSA) is 71.2 Å². The van der Waals surface area contributed by atoms with Crippen molar-refractivity contribution in [3.05, 3.63) is 36.0 Å². The molecule has 1 aromatic carbocycles. The minimum atomic E-state index is -0.691. The zero-order chi connectivity index (χ0) is 17.7. The van der Waals surface area contributed by atoms with E-state index in [1.54, 1.807) is 6.92 Å². The number of hydrogen-bond donors (Lipinski definition) is 2. The van der Waals surface area contributed by atoms with Crippen molar-refractivity contribution in [1.82, 2.24) is 10.3 Å². The Bertz CT molecular complexity index is 722. The average molecular weight is 368 g/mol. The van der Waals surface area contributed by atoms with Crippen LogP contribution in [0.5, 0.6) is 0 Å². The lowest BCUT2D eigenvalue weighted by atomic mass is 10.0. The summed E-state index contributed by atoms with van der Waals surface area (Å²) < 4.78 is 5.62. The second-order valence-electron chi connectivity index (χ2n) is 6.88. The monoisotopic (exact) mass is 367 g/mol. The van der Waals surface area contributed by atoms with Gasteiger partial charge < -0.3 is 31.9 Å². The lowest BCUT2D eigenvalue weighted by molar-refractivity contribution is -0.862. The first-order valence-corrected chi connectivity index (χ1v) is 8.11. The highest BCUT2D eigenvalue weighted by Crippen LogP contribution is 2.19. The van der Waals surface area contributed by atoms with E-state index in [0.717, 1.165) is 16.5 Å². The minimum absolute atomic E-state index is 0. The maximum absolute atomic E-state index is 12.3. The van der Waals surface area contributed by atoms with Gasteiger partial charge in [0.1, 0.15) is 6.04 Å². The number of halogens is 1. The van der Waals surface area contributed by atoms with E-state index in [9.17, 15) is 9.59 Å². The summed E-state index contributed by atoms with van der Waals surface area (Å²) in [4.78, 5) is 27.7. The van der Waals surface area contributed by atoms with Crippen LogP contribution in [0.1, 0.15) is 12.5 Å². The van der Waals surface area contributed by atoms with Crippen LogP contribution in [0.4, 0.5) is 0 Å². The van der Waals surface area contributed by atoms with Crippen LogP contribution in [-0.4, -0.2) is 61.7 Å². The smallest absolute Gasteiger partial charge is 0.328 e. The van der Waals surface area contributed by atoms with Crippen LogP contribution in [0.2, 0.25) is 0 Å². The zero-order valence-electron chi connectivity index (χ0n) is 15.1. The van der Waals surface area contributed by atoms with E-state index >= 15 is 0 Å². The highest BCUT2D eigenvalue weighted by Gasteiger charge is 2.25. The molecule has 25 heavy (non-hydrogen) atoms. The predicted octanol–water partition coefficient (Wildman–Crippen LogP) is -1.53. The molecule has 0 bridgehead atoms. The van der Waals surface area contributed by atoms with Crippen LogP contribution >= 0.6 is 0 Å². The molecule has 0 fully saturated rings. The SMILES string of the molecule is CCOC(=O)C(Cc1c[nH]c2ccccc12)NC(=O)C[N+](C)(C)C.[Cl-]. The van der Waals surface area contributed by atoms with E-state index in [0.29, 0.717) is 17.4 Å². The van der Waals surface area contributed by atoms with Gasteiger partial charge in [0.05, 0.1) is 27.7 Å². The molecule has 1 atom stereocenters. The van der Waals surface area contributed by atoms with Crippen molar-refractivity contribution in [2.45, 2.75) is 19.4 Å². The molecular weight excluding hydrogens is 342 g/mol. The third-order valence-corrected chi connectivity index (χ3v) is 3.62. The summed E-state index contributed by atoms with van der Waals surface area (Å²) >= 11 is 0. The van der Waals surface area contributed by atoms with E-state index < -0.39 is 12.0 Å². The van der Waals surface area contributed by atoms with Crippen LogP contribution in [0.3, 0.4) is 0 Å². The fourth-order valence-electron chi connectivity index (χ4n) is 2.63. The number of para-hydroxylation sites is 1. The van der Waals surface area contributed by atoms with Crippen LogP contribution < -0.4 is 17.7 Å². The van der Waals surface area contributed by atoms with Crippen molar-refractivity contribution < 1.29 is 31.2 Å². The first-order chi connectivity index (χ1) is 11.3. The molecule has 0 aliphatic carbocycles. The quantitative estimate of drug-likeness (QED) is 0.461. The van der Waals surface area contributed by atoms with Crippen LogP contribution in [0.25, 0.3) is 10.9 Å². The average Bonchev–Trinajstić information content (AvgIpc) is 2.88. The minimum Gasteiger partial charge on any atom is -1.00 e. The molecule has 1 aromatic heterocycles. The lowest BCUT2D eigenvalue weighted by Gasteiger charge is -2.24. The number of likely N-dealkylation sites (N-methyl/N-ethyl adjacent to an activating group) is 1. The summed E-state index contributed by atoms with van der Waals surface area (Å²) in [7, 11) is 5.79. The Balaban J connectivity index is 0.00000312. The van der Waals surface area contributed by atoms with Gasteiger partial charge in [-0.15, -0.1) is 0 Å². The Labute approximate surface area is 154 Å². The Morgan fingerprint density at radius 1 is 1.24 bits per heavy atom. The predicted molar refractivity (Wildman–Crippen MR) is 93.5 cm³/mol. The molecule has 0 spiro atoms. The Morgan fingerprint density at radius 2 is 1.92 bits per heavy atom. The molecule has 0 aliphatic heterocycles. The molecule has 2 rings (SSSR count). The van der Waals surface area contributed by atoms with E-state index in [1.165, 1.54) is 0 Å². The number of rotatable bonds is 7. The maximum atomic E-state index is 12.3. The van der Waals surface area contributed by atoms with Gasteiger partial charge in [0.25, 0.3) is 5.91 Å². The Hall–Kier alpha value is -2.05. The molecule has 0 radical (unpaired) electrons. The van der Waals surface area contributed by atoms with E-state index in [-0.39, 0.29) is 24.9 Å². The van der Waals surface area contributed by atoms with Gasteiger partial charge in [-0.1, -0.05) is 18.2 Å². The number of nitrogens with one attached hydrogen (secondary N) is 2. The van der Waals surface area contributed by atoms with E-state index in [1.807, 2.05) is 51.6 Å². The van der Waals surface area contributed by atoms with Gasteiger partial charge in [-0.25, -0.2) is 4.79 Å². The molecule has 138 valence electrons. The molecule has 6 nitrogen and oxygen atoms in total. The van der Waals surface area contributed by atoms with Crippen molar-refractivity contribution in [2.75, 3.05) is 34.3 Å². The molecule has 2 N–H and O–H groups in total. The zero-order valence-corrected chi connectivity index (χ0v) is 15.9. The van der Waals surface area contributed by atoms with Gasteiger partial charge in [0, 0.05) is 23.5 Å². The van der Waals surface area contributed by atoms with Gasteiger partial charge in [0.15, 0.2) is 6.54 Å². The molecule has 0 saturated carbocycles. The normalized spacial score (nSPS) is 12.3. The molecule has 0 saturated heterocycles. The summed E-state index contributed by atoms with van der Waals surface area (Å²) in [6.45, 7) is 2.34. The number of quaternary nitrogens is 1. The molecular formula is C18H26ClN3O3. The third kappa shape index (κ3) is 6.07. The fourth-order valence-corrected chi connectivity index (χ4v) is 2.63. The second kappa shape index (κ2) is 8.87. The number of aromatic amines is 1. The second-order valence-corrected chi connectivity index (χ2v) is 6.88. The molecule has 0 aliphatic rings. The number of amides is 1. The highest BCUT2D eigenvalue weighted by molar-refractivity contribution is 5.87. The number of carbonyl (C=O) groups is 2. The molecule has 2 aromatic rings. The third-order valence-electron chi connectivity index (χ3n) is 3.62. The van der Waals surface area contributed by atoms with Crippen LogP contribution in [0, 0.1) is 0 Å². The highest BCUT2D eigenvalue weighted by atomic mass is 35.5. The molecule has 1 unspecified atom stereocenters. The summed E-state index contributed by atoms with van der Waals surface area (Å²) in [5.41, 5.74) is 1.99. The maximum Gasteiger partial charge on any atom is 0.328 e. The number of benzene rings is 1. The molecule has 1 heterocycles. The van der Waals surface area contributed by atoms with Crippen molar-refractivity contribution in [2.24, 2.45) is 0 Å². The van der Waals surface area contributed by atoms with Gasteiger partial charge in [0.2, 0.25) is 0 Å². The van der Waals surface area contributed by atoms with E-state index in [4.69, 9.17) is 4.74 Å². The van der Waals surface area contributed by atoms with Gasteiger partial charge in [-0.05, 0) is 18.6 Å². The number of H-pyrrole nitrogens is 1. The first-order valence-electron chi connectivity index (χ1n) is 8.11. The van der Waals surface area contributed by atoms with Crippen LogP contribution in [-0.2, 0) is 20.7 Å². The molecule has 7 heteroatoms. The summed E-state index contributed by atoms with van der Waals surface area (Å²) in [5.74, 6) is -0.571. The summed E-state index contributed by atoms with van der Waals surface area (Å²) in [6.07, 6.45) is 2.27. The van der Waals surface area contributed by atoms with Crippen LogP contribution in [0.15, 0.2) is 30.5 Å². The first kappa shape index (κ1) is 21.0. The summed E-state index contributed by atoms with van der Waals surface area (Å²) in [5, 5.41) is 3.87. The fraction of sp³-hybridized carbons (Fsp3) is 0.444. The standard InChI is InChI=1S/C18H25N3O3.ClH/c1-5-24-18(23)16(20-17(22)12-21(2,3)4)10-13-11-19-15-9-7-6-8-14(13)15;/h6-9,11,16,19H,5,10,12H2,1-4H3;1H. The van der Waals surface area contributed by atoms with Crippen molar-refractivity contribution in [3.63, 3.8) is 0 Å². The number of nitrogens with zero attached hydrogens (tertiary/aromatic N) is 1. The number of hydrogen-bond acceptors (Lipinski definition) is 3. The largest absolute Gasteiger partial charge is 1.00 e. The van der Waals surface area contributed by atoms with E-state index in [2.05, 4.69) is 10.3 Å². The van der Waals surface area contributed by atoms with Crippen molar-refractivity contribution in [1.29, 1.82) is 0 Å². The summed E-state index contributed by atoms with van der Waals surface area (Å²) in [6, 6.07) is 7.19. The Morgan fingerprint density at radius 3 is 2.56 bits per heavy atom. The number of ether oxygens (including phenoxy) is 1. The Kier molecular flexibility index (Phi) is 7.45. The molecule has 1 amide bonds. The van der Waals surface area contributed by atoms with Crippen molar-refractivity contribution >= 4 is 22.8 Å². The number of esters is 1. The van der Waals surface area contributed by atoms with Gasteiger partial charge >= 0.3 is 5.97 Å². The number of carbonyl (C=O) groups excluding carboxylic acids is 2.